The molecule has 0 heterocycles. The first-order valence-electron chi connectivity index (χ1n) is 11.6. The van der Waals surface area contributed by atoms with E-state index in [1.54, 1.807) is 35.2 Å². The zero-order valence-electron chi connectivity index (χ0n) is 19.5. The molecule has 0 bridgehead atoms. The Hall–Kier alpha value is -2.29. The van der Waals surface area contributed by atoms with Gasteiger partial charge in [0.2, 0.25) is 11.8 Å². The van der Waals surface area contributed by atoms with Gasteiger partial charge in [0.1, 0.15) is 6.04 Å². The van der Waals surface area contributed by atoms with Gasteiger partial charge >= 0.3 is 0 Å². The lowest BCUT2D eigenvalue weighted by Gasteiger charge is -2.32. The third kappa shape index (κ3) is 7.59. The Balaban J connectivity index is 1.73. The standard InChI is InChI=1S/C25H29Cl2N3O4S/c1-2-23(25(32)28-18-6-3-4-7-18)29(14-20-21(26)8-5-9-22(20)27)24(31)16-35-15-17-10-12-19(13-11-17)30(33)34/h5,8-13,18,23H,2-4,6-7,14-16H2,1H3,(H,28,32). The summed E-state index contributed by atoms with van der Waals surface area (Å²) in [5.41, 5.74) is 1.51. The molecule has 0 aromatic heterocycles. The van der Waals surface area contributed by atoms with E-state index in [1.807, 2.05) is 6.92 Å². The number of nitrogens with zero attached hydrogens (tertiary/aromatic N) is 2. The summed E-state index contributed by atoms with van der Waals surface area (Å²) in [5.74, 6) is 0.305. The largest absolute Gasteiger partial charge is 0.352 e. The van der Waals surface area contributed by atoms with Gasteiger partial charge in [-0.1, -0.05) is 61.2 Å². The van der Waals surface area contributed by atoms with Gasteiger partial charge in [0.25, 0.3) is 5.69 Å². The first kappa shape index (κ1) is 27.3. The van der Waals surface area contributed by atoms with Gasteiger partial charge in [0.15, 0.2) is 0 Å². The fourth-order valence-corrected chi connectivity index (χ4v) is 5.58. The molecule has 0 spiro atoms. The quantitative estimate of drug-likeness (QED) is 0.280. The van der Waals surface area contributed by atoms with E-state index in [1.165, 1.54) is 23.9 Å². The average molecular weight is 538 g/mol. The number of hydrogen-bond acceptors (Lipinski definition) is 5. The molecule has 35 heavy (non-hydrogen) atoms. The van der Waals surface area contributed by atoms with Gasteiger partial charge in [0.05, 0.1) is 10.7 Å². The molecule has 1 fully saturated rings. The highest BCUT2D eigenvalue weighted by Gasteiger charge is 2.31. The Morgan fingerprint density at radius 2 is 1.77 bits per heavy atom. The monoisotopic (exact) mass is 537 g/mol. The van der Waals surface area contributed by atoms with Crippen molar-refractivity contribution in [3.05, 3.63) is 73.8 Å². The van der Waals surface area contributed by atoms with Crippen LogP contribution in [0.5, 0.6) is 0 Å². The zero-order valence-corrected chi connectivity index (χ0v) is 21.9. The average Bonchev–Trinajstić information content (AvgIpc) is 3.34. The number of carbonyl (C=O) groups excluding carboxylic acids is 2. The van der Waals surface area contributed by atoms with Crippen molar-refractivity contribution in [2.45, 2.75) is 63.4 Å². The predicted molar refractivity (Wildman–Crippen MR) is 141 cm³/mol. The van der Waals surface area contributed by atoms with E-state index in [2.05, 4.69) is 5.32 Å². The second-order valence-corrected chi connectivity index (χ2v) is 10.4. The van der Waals surface area contributed by atoms with Crippen molar-refractivity contribution in [2.75, 3.05) is 5.75 Å². The topological polar surface area (TPSA) is 92.6 Å². The minimum atomic E-state index is -0.643. The van der Waals surface area contributed by atoms with Crippen molar-refractivity contribution in [3.8, 4) is 0 Å². The number of benzene rings is 2. The van der Waals surface area contributed by atoms with Gasteiger partial charge in [0, 0.05) is 46.1 Å². The molecule has 1 saturated carbocycles. The molecule has 1 aliphatic carbocycles. The molecule has 1 unspecified atom stereocenters. The highest BCUT2D eigenvalue weighted by molar-refractivity contribution is 7.99. The van der Waals surface area contributed by atoms with Crippen molar-refractivity contribution in [1.29, 1.82) is 0 Å². The number of nitrogens with one attached hydrogen (secondary N) is 1. The van der Waals surface area contributed by atoms with Gasteiger partial charge in [-0.05, 0) is 37.0 Å². The Morgan fingerprint density at radius 3 is 2.34 bits per heavy atom. The van der Waals surface area contributed by atoms with Crippen LogP contribution in [0.4, 0.5) is 5.69 Å². The molecule has 0 saturated heterocycles. The molecule has 2 aromatic carbocycles. The lowest BCUT2D eigenvalue weighted by atomic mass is 10.1. The fraction of sp³-hybridized carbons (Fsp3) is 0.440. The summed E-state index contributed by atoms with van der Waals surface area (Å²) in [6.07, 6.45) is 4.56. The van der Waals surface area contributed by atoms with E-state index in [0.29, 0.717) is 27.8 Å². The van der Waals surface area contributed by atoms with E-state index in [4.69, 9.17) is 23.2 Å². The molecule has 1 atom stereocenters. The van der Waals surface area contributed by atoms with E-state index in [9.17, 15) is 19.7 Å². The van der Waals surface area contributed by atoms with Gasteiger partial charge in [-0.2, -0.15) is 0 Å². The molecule has 7 nitrogen and oxygen atoms in total. The molecular weight excluding hydrogens is 509 g/mol. The van der Waals surface area contributed by atoms with Crippen LogP contribution >= 0.6 is 35.0 Å². The normalized spacial score (nSPS) is 14.5. The lowest BCUT2D eigenvalue weighted by molar-refractivity contribution is -0.384. The Labute approximate surface area is 219 Å². The summed E-state index contributed by atoms with van der Waals surface area (Å²) >= 11 is 14.2. The van der Waals surface area contributed by atoms with Crippen molar-refractivity contribution in [2.24, 2.45) is 0 Å². The highest BCUT2D eigenvalue weighted by atomic mass is 35.5. The zero-order chi connectivity index (χ0) is 25.4. The van der Waals surface area contributed by atoms with Crippen molar-refractivity contribution >= 4 is 52.5 Å². The molecule has 1 N–H and O–H groups in total. The Kier molecular flexibility index (Phi) is 10.2. The Morgan fingerprint density at radius 1 is 1.14 bits per heavy atom. The number of nitro groups is 1. The van der Waals surface area contributed by atoms with Crippen LogP contribution in [-0.4, -0.2) is 39.5 Å². The first-order valence-corrected chi connectivity index (χ1v) is 13.5. The van der Waals surface area contributed by atoms with E-state index in [-0.39, 0.29) is 35.8 Å². The Bertz CT molecular complexity index is 1030. The molecule has 188 valence electrons. The lowest BCUT2D eigenvalue weighted by Crippen LogP contribution is -2.51. The van der Waals surface area contributed by atoms with Crippen molar-refractivity contribution in [1.82, 2.24) is 10.2 Å². The van der Waals surface area contributed by atoms with Crippen LogP contribution in [0.2, 0.25) is 10.0 Å². The van der Waals surface area contributed by atoms with Crippen LogP contribution in [-0.2, 0) is 21.9 Å². The van der Waals surface area contributed by atoms with Crippen molar-refractivity contribution in [3.63, 3.8) is 0 Å². The third-order valence-corrected chi connectivity index (χ3v) is 7.82. The van der Waals surface area contributed by atoms with Crippen LogP contribution in [0.25, 0.3) is 0 Å². The SMILES string of the molecule is CCC(C(=O)NC1CCCC1)N(Cc1c(Cl)cccc1Cl)C(=O)CSCc1ccc([N+](=O)[O-])cc1. The maximum absolute atomic E-state index is 13.4. The summed E-state index contributed by atoms with van der Waals surface area (Å²) in [6.45, 7) is 2.02. The minimum absolute atomic E-state index is 0.0247. The van der Waals surface area contributed by atoms with E-state index in [0.717, 1.165) is 31.2 Å². The summed E-state index contributed by atoms with van der Waals surface area (Å²) in [7, 11) is 0. The van der Waals surface area contributed by atoms with E-state index >= 15 is 0 Å². The number of hydrogen-bond donors (Lipinski definition) is 1. The third-order valence-electron chi connectivity index (χ3n) is 6.12. The van der Waals surface area contributed by atoms with Gasteiger partial charge in [-0.15, -0.1) is 11.8 Å². The number of nitro benzene ring substituents is 1. The molecule has 2 amide bonds. The van der Waals surface area contributed by atoms with Crippen LogP contribution in [0.3, 0.4) is 0 Å². The highest BCUT2D eigenvalue weighted by Crippen LogP contribution is 2.28. The smallest absolute Gasteiger partial charge is 0.269 e. The maximum atomic E-state index is 13.4. The van der Waals surface area contributed by atoms with Crippen LogP contribution < -0.4 is 5.32 Å². The number of carbonyl (C=O) groups is 2. The predicted octanol–water partition coefficient (Wildman–Crippen LogP) is 6.00. The van der Waals surface area contributed by atoms with Crippen molar-refractivity contribution < 1.29 is 14.5 Å². The number of amides is 2. The summed E-state index contributed by atoms with van der Waals surface area (Å²) in [4.78, 5) is 38.5. The molecule has 10 heteroatoms. The minimum Gasteiger partial charge on any atom is -0.352 e. The number of rotatable bonds is 11. The van der Waals surface area contributed by atoms with Gasteiger partial charge in [-0.3, -0.25) is 19.7 Å². The second-order valence-electron chi connectivity index (χ2n) is 8.55. The number of thioether (sulfide) groups is 1. The number of halogens is 2. The summed E-state index contributed by atoms with van der Waals surface area (Å²) in [6, 6.07) is 10.9. The van der Waals surface area contributed by atoms with Gasteiger partial charge in [-0.25, -0.2) is 0 Å². The molecule has 3 rings (SSSR count). The van der Waals surface area contributed by atoms with E-state index < -0.39 is 11.0 Å². The van der Waals surface area contributed by atoms with Crippen LogP contribution in [0.1, 0.15) is 50.2 Å². The fourth-order valence-electron chi connectivity index (χ4n) is 4.19. The molecule has 0 radical (unpaired) electrons. The molecule has 1 aliphatic rings. The maximum Gasteiger partial charge on any atom is 0.269 e. The first-order chi connectivity index (χ1) is 16.8. The van der Waals surface area contributed by atoms with Gasteiger partial charge < -0.3 is 10.2 Å². The molecule has 2 aromatic rings. The molecular formula is C25H29Cl2N3O4S. The summed E-state index contributed by atoms with van der Waals surface area (Å²) in [5, 5.41) is 14.8. The van der Waals surface area contributed by atoms with Crippen LogP contribution in [0.15, 0.2) is 42.5 Å². The second kappa shape index (κ2) is 13.1. The number of non-ortho nitro benzene ring substituents is 1. The van der Waals surface area contributed by atoms with Crippen LogP contribution in [0, 0.1) is 10.1 Å². The molecule has 0 aliphatic heterocycles. The summed E-state index contributed by atoms with van der Waals surface area (Å²) < 4.78 is 0.